The maximum absolute atomic E-state index is 12.2. The van der Waals surface area contributed by atoms with Crippen molar-refractivity contribution in [2.45, 2.75) is 0 Å². The van der Waals surface area contributed by atoms with Crippen molar-refractivity contribution in [2.75, 3.05) is 0 Å². The number of para-hydroxylation sites is 1. The van der Waals surface area contributed by atoms with Gasteiger partial charge >= 0.3 is 0 Å². The van der Waals surface area contributed by atoms with Crippen LogP contribution in [0.3, 0.4) is 0 Å². The van der Waals surface area contributed by atoms with E-state index in [4.69, 9.17) is 27.6 Å². The van der Waals surface area contributed by atoms with Crippen LogP contribution in [0.2, 0.25) is 10.2 Å². The first kappa shape index (κ1) is 12.2. The second-order valence-electron chi connectivity index (χ2n) is 3.97. The summed E-state index contributed by atoms with van der Waals surface area (Å²) in [4.78, 5) is 16.1. The number of benzene rings is 1. The summed E-state index contributed by atoms with van der Waals surface area (Å²) >= 11 is 11.7. The first-order valence-corrected chi connectivity index (χ1v) is 6.25. The Morgan fingerprint density at radius 2 is 2.00 bits per heavy atom. The highest BCUT2D eigenvalue weighted by Gasteiger charge is 2.16. The molecule has 19 heavy (non-hydrogen) atoms. The van der Waals surface area contributed by atoms with Crippen molar-refractivity contribution in [3.63, 3.8) is 0 Å². The van der Waals surface area contributed by atoms with Gasteiger partial charge in [0.2, 0.25) is 5.78 Å². The van der Waals surface area contributed by atoms with Crippen molar-refractivity contribution in [3.05, 3.63) is 64.1 Å². The average Bonchev–Trinajstić information content (AvgIpc) is 2.84. The van der Waals surface area contributed by atoms with Crippen molar-refractivity contribution in [1.29, 1.82) is 0 Å². The monoisotopic (exact) mass is 291 g/mol. The van der Waals surface area contributed by atoms with Crippen molar-refractivity contribution < 1.29 is 9.21 Å². The second-order valence-corrected chi connectivity index (χ2v) is 4.76. The van der Waals surface area contributed by atoms with Gasteiger partial charge in [0.05, 0.1) is 5.02 Å². The molecular formula is C14H7Cl2NO2. The lowest BCUT2D eigenvalue weighted by atomic mass is 10.1. The average molecular weight is 292 g/mol. The lowest BCUT2D eigenvalue weighted by Crippen LogP contribution is -1.99. The van der Waals surface area contributed by atoms with E-state index in [1.165, 1.54) is 6.20 Å². The van der Waals surface area contributed by atoms with E-state index >= 15 is 0 Å². The van der Waals surface area contributed by atoms with Crippen LogP contribution in [0.15, 0.2) is 47.0 Å². The molecule has 0 atom stereocenters. The third kappa shape index (κ3) is 2.23. The molecule has 3 aromatic rings. The van der Waals surface area contributed by atoms with E-state index in [1.807, 2.05) is 6.07 Å². The fourth-order valence-corrected chi connectivity index (χ4v) is 2.12. The number of furan rings is 1. The summed E-state index contributed by atoms with van der Waals surface area (Å²) < 4.78 is 5.50. The van der Waals surface area contributed by atoms with Gasteiger partial charge in [-0.1, -0.05) is 35.3 Å². The highest BCUT2D eigenvalue weighted by Crippen LogP contribution is 2.27. The van der Waals surface area contributed by atoms with E-state index in [9.17, 15) is 4.79 Å². The van der Waals surface area contributed by atoms with E-state index < -0.39 is 0 Å². The summed E-state index contributed by atoms with van der Waals surface area (Å²) in [6.07, 6.45) is 1.42. The zero-order chi connectivity index (χ0) is 13.4. The van der Waals surface area contributed by atoms with Crippen LogP contribution < -0.4 is 0 Å². The summed E-state index contributed by atoms with van der Waals surface area (Å²) in [7, 11) is 0. The maximum atomic E-state index is 12.2. The minimum Gasteiger partial charge on any atom is -0.451 e. The van der Waals surface area contributed by atoms with Gasteiger partial charge in [-0.3, -0.25) is 4.79 Å². The van der Waals surface area contributed by atoms with Crippen molar-refractivity contribution in [2.24, 2.45) is 0 Å². The number of hydrogen-bond acceptors (Lipinski definition) is 3. The standard InChI is InChI=1S/C14H7Cl2NO2/c15-10-3-1-2-8-6-11(19-14(8)10)13(18)9-4-5-12(16)17-7-9/h1-7H. The molecule has 0 spiro atoms. The molecule has 0 aliphatic heterocycles. The maximum Gasteiger partial charge on any atom is 0.229 e. The minimum absolute atomic E-state index is 0.229. The van der Waals surface area contributed by atoms with Gasteiger partial charge in [0.1, 0.15) is 5.15 Å². The fraction of sp³-hybridized carbons (Fsp3) is 0. The van der Waals surface area contributed by atoms with Crippen molar-refractivity contribution in [1.82, 2.24) is 4.98 Å². The molecule has 94 valence electrons. The van der Waals surface area contributed by atoms with Gasteiger partial charge in [-0.15, -0.1) is 0 Å². The summed E-state index contributed by atoms with van der Waals surface area (Å²) in [6.45, 7) is 0. The molecule has 2 heterocycles. The fourth-order valence-electron chi connectivity index (χ4n) is 1.79. The van der Waals surface area contributed by atoms with Crippen LogP contribution in [-0.2, 0) is 0 Å². The van der Waals surface area contributed by atoms with E-state index in [-0.39, 0.29) is 11.5 Å². The van der Waals surface area contributed by atoms with E-state index in [0.717, 1.165) is 5.39 Å². The predicted octanol–water partition coefficient (Wildman–Crippen LogP) is 4.37. The molecule has 5 heteroatoms. The molecule has 0 aliphatic rings. The molecule has 0 radical (unpaired) electrons. The number of aromatic nitrogens is 1. The Morgan fingerprint density at radius 1 is 1.16 bits per heavy atom. The largest absolute Gasteiger partial charge is 0.451 e. The molecule has 0 unspecified atom stereocenters. The molecule has 0 saturated carbocycles. The number of pyridine rings is 1. The van der Waals surface area contributed by atoms with Gasteiger partial charge in [-0.25, -0.2) is 4.98 Å². The van der Waals surface area contributed by atoms with Crippen LogP contribution in [0.25, 0.3) is 11.0 Å². The number of ketones is 1. The first-order chi connectivity index (χ1) is 9.15. The first-order valence-electron chi connectivity index (χ1n) is 5.49. The second kappa shape index (κ2) is 4.68. The molecule has 0 aliphatic carbocycles. The van der Waals surface area contributed by atoms with Gasteiger partial charge in [-0.05, 0) is 24.3 Å². The van der Waals surface area contributed by atoms with Crippen molar-refractivity contribution in [3.8, 4) is 0 Å². The molecule has 2 aromatic heterocycles. The van der Waals surface area contributed by atoms with E-state index in [0.29, 0.717) is 21.3 Å². The van der Waals surface area contributed by atoms with Crippen LogP contribution >= 0.6 is 23.2 Å². The lowest BCUT2D eigenvalue weighted by Gasteiger charge is -1.96. The Balaban J connectivity index is 2.06. The molecule has 0 bridgehead atoms. The normalized spacial score (nSPS) is 10.8. The zero-order valence-corrected chi connectivity index (χ0v) is 11.1. The Kier molecular flexibility index (Phi) is 3.01. The number of halogens is 2. The number of rotatable bonds is 2. The van der Waals surface area contributed by atoms with E-state index in [2.05, 4.69) is 4.98 Å². The summed E-state index contributed by atoms with van der Waals surface area (Å²) in [6, 6.07) is 10.2. The number of nitrogens with zero attached hydrogens (tertiary/aromatic N) is 1. The smallest absolute Gasteiger partial charge is 0.229 e. The SMILES string of the molecule is O=C(c1ccc(Cl)nc1)c1cc2cccc(Cl)c2o1. The van der Waals surface area contributed by atoms with Gasteiger partial charge in [-0.2, -0.15) is 0 Å². The summed E-state index contributed by atoms with van der Waals surface area (Å²) in [5.41, 5.74) is 0.925. The van der Waals surface area contributed by atoms with Gasteiger partial charge in [0.15, 0.2) is 11.3 Å². The van der Waals surface area contributed by atoms with Crippen molar-refractivity contribution >= 4 is 40.0 Å². The molecule has 3 rings (SSSR count). The molecule has 0 N–H and O–H groups in total. The molecule has 1 aromatic carbocycles. The highest BCUT2D eigenvalue weighted by molar-refractivity contribution is 6.35. The number of fused-ring (bicyclic) bond motifs is 1. The molecule has 0 amide bonds. The van der Waals surface area contributed by atoms with Crippen LogP contribution in [0, 0.1) is 0 Å². The van der Waals surface area contributed by atoms with Crippen LogP contribution in [0.5, 0.6) is 0 Å². The quantitative estimate of drug-likeness (QED) is 0.520. The topological polar surface area (TPSA) is 43.1 Å². The van der Waals surface area contributed by atoms with Crippen LogP contribution in [-0.4, -0.2) is 10.8 Å². The number of carbonyl (C=O) groups excluding carboxylic acids is 1. The van der Waals surface area contributed by atoms with Gasteiger partial charge < -0.3 is 4.42 Å². The molecule has 0 saturated heterocycles. The third-order valence-electron chi connectivity index (χ3n) is 2.71. The molecule has 0 fully saturated rings. The summed E-state index contributed by atoms with van der Waals surface area (Å²) in [5.74, 6) is -0.0244. The number of carbonyl (C=O) groups is 1. The Bertz CT molecular complexity index is 763. The Labute approximate surface area is 118 Å². The predicted molar refractivity (Wildman–Crippen MR) is 73.9 cm³/mol. The van der Waals surface area contributed by atoms with Crippen LogP contribution in [0.4, 0.5) is 0 Å². The summed E-state index contributed by atoms with van der Waals surface area (Å²) in [5, 5.41) is 1.60. The van der Waals surface area contributed by atoms with Gasteiger partial charge in [0.25, 0.3) is 0 Å². The van der Waals surface area contributed by atoms with E-state index in [1.54, 1.807) is 30.3 Å². The highest BCUT2D eigenvalue weighted by atomic mass is 35.5. The van der Waals surface area contributed by atoms with Crippen LogP contribution in [0.1, 0.15) is 16.1 Å². The Hall–Kier alpha value is -1.84. The van der Waals surface area contributed by atoms with Gasteiger partial charge in [0, 0.05) is 17.1 Å². The molecular weight excluding hydrogens is 285 g/mol. The number of hydrogen-bond donors (Lipinski definition) is 0. The Morgan fingerprint density at radius 3 is 2.68 bits per heavy atom. The molecule has 3 nitrogen and oxygen atoms in total. The zero-order valence-electron chi connectivity index (χ0n) is 9.56. The minimum atomic E-state index is -0.253. The third-order valence-corrected chi connectivity index (χ3v) is 3.23. The lowest BCUT2D eigenvalue weighted by molar-refractivity contribution is 0.101.